The summed E-state index contributed by atoms with van der Waals surface area (Å²) in [6.45, 7) is 2.05. The number of carbonyl (C=O) groups is 1. The molecule has 0 saturated heterocycles. The van der Waals surface area contributed by atoms with E-state index in [2.05, 4.69) is 0 Å². The van der Waals surface area contributed by atoms with Gasteiger partial charge in [-0.3, -0.25) is 4.79 Å². The first-order chi connectivity index (χ1) is 7.06. The predicted octanol–water partition coefficient (Wildman–Crippen LogP) is 2.71. The zero-order valence-corrected chi connectivity index (χ0v) is 9.27. The molecule has 15 heavy (non-hydrogen) atoms. The van der Waals surface area contributed by atoms with Gasteiger partial charge in [0.1, 0.15) is 5.82 Å². The van der Waals surface area contributed by atoms with Crippen LogP contribution in [0.2, 0.25) is 5.02 Å². The second kappa shape index (κ2) is 5.24. The summed E-state index contributed by atoms with van der Waals surface area (Å²) in [7, 11) is 0. The van der Waals surface area contributed by atoms with Crippen LogP contribution in [0, 0.1) is 12.7 Å². The van der Waals surface area contributed by atoms with Crippen LogP contribution >= 0.6 is 11.6 Å². The molecule has 0 spiro atoms. The number of rotatable bonds is 4. The van der Waals surface area contributed by atoms with Gasteiger partial charge in [-0.2, -0.15) is 0 Å². The standard InChI is InChI=1S/C11H13ClFNO/c1-7-5-9(12)8(6-10(7)13)11(15)3-2-4-14/h5-6H,2-4,14H2,1H3. The molecule has 0 fully saturated rings. The second-order valence-corrected chi connectivity index (χ2v) is 3.80. The zero-order chi connectivity index (χ0) is 11.4. The Hall–Kier alpha value is -0.930. The molecule has 0 saturated carbocycles. The molecular formula is C11H13ClFNO. The zero-order valence-electron chi connectivity index (χ0n) is 8.52. The van der Waals surface area contributed by atoms with Gasteiger partial charge in [0.05, 0.1) is 5.02 Å². The molecule has 0 aromatic heterocycles. The fourth-order valence-corrected chi connectivity index (χ4v) is 1.58. The van der Waals surface area contributed by atoms with Crippen molar-refractivity contribution in [2.75, 3.05) is 6.54 Å². The molecule has 0 amide bonds. The highest BCUT2D eigenvalue weighted by atomic mass is 35.5. The summed E-state index contributed by atoms with van der Waals surface area (Å²) in [4.78, 5) is 11.6. The highest BCUT2D eigenvalue weighted by molar-refractivity contribution is 6.34. The van der Waals surface area contributed by atoms with Crippen LogP contribution in [0.15, 0.2) is 12.1 Å². The third-order valence-corrected chi connectivity index (χ3v) is 2.47. The lowest BCUT2D eigenvalue weighted by molar-refractivity contribution is 0.0980. The summed E-state index contributed by atoms with van der Waals surface area (Å²) in [6.07, 6.45) is 0.892. The highest BCUT2D eigenvalue weighted by Gasteiger charge is 2.12. The van der Waals surface area contributed by atoms with E-state index < -0.39 is 5.82 Å². The van der Waals surface area contributed by atoms with Crippen molar-refractivity contribution in [3.05, 3.63) is 34.1 Å². The van der Waals surface area contributed by atoms with Gasteiger partial charge in [0.2, 0.25) is 0 Å². The summed E-state index contributed by atoms with van der Waals surface area (Å²) < 4.78 is 13.2. The Morgan fingerprint density at radius 2 is 2.20 bits per heavy atom. The van der Waals surface area contributed by atoms with Crippen molar-refractivity contribution < 1.29 is 9.18 Å². The van der Waals surface area contributed by atoms with Gasteiger partial charge in [0.25, 0.3) is 0 Å². The van der Waals surface area contributed by atoms with E-state index in [4.69, 9.17) is 17.3 Å². The van der Waals surface area contributed by atoms with Crippen molar-refractivity contribution in [3.8, 4) is 0 Å². The van der Waals surface area contributed by atoms with E-state index in [1.165, 1.54) is 12.1 Å². The fourth-order valence-electron chi connectivity index (χ4n) is 1.26. The second-order valence-electron chi connectivity index (χ2n) is 3.40. The van der Waals surface area contributed by atoms with Crippen molar-refractivity contribution in [1.29, 1.82) is 0 Å². The van der Waals surface area contributed by atoms with Crippen molar-refractivity contribution in [2.24, 2.45) is 5.73 Å². The average Bonchev–Trinajstić information content (AvgIpc) is 2.20. The molecule has 82 valence electrons. The number of ketones is 1. The van der Waals surface area contributed by atoms with Crippen LogP contribution in [0.5, 0.6) is 0 Å². The minimum atomic E-state index is -0.407. The van der Waals surface area contributed by atoms with E-state index in [-0.39, 0.29) is 11.3 Å². The topological polar surface area (TPSA) is 43.1 Å². The monoisotopic (exact) mass is 229 g/mol. The van der Waals surface area contributed by atoms with Gasteiger partial charge in [-0.25, -0.2) is 4.39 Å². The maximum atomic E-state index is 13.2. The lowest BCUT2D eigenvalue weighted by atomic mass is 10.0. The molecule has 1 aromatic carbocycles. The maximum absolute atomic E-state index is 13.2. The van der Waals surface area contributed by atoms with E-state index in [0.717, 1.165) is 0 Å². The van der Waals surface area contributed by atoms with Crippen molar-refractivity contribution >= 4 is 17.4 Å². The molecule has 0 heterocycles. The van der Waals surface area contributed by atoms with Gasteiger partial charge in [-0.05, 0) is 37.6 Å². The van der Waals surface area contributed by atoms with Gasteiger partial charge in [0, 0.05) is 12.0 Å². The highest BCUT2D eigenvalue weighted by Crippen LogP contribution is 2.22. The molecule has 0 atom stereocenters. The normalized spacial score (nSPS) is 10.4. The van der Waals surface area contributed by atoms with Crippen molar-refractivity contribution in [3.63, 3.8) is 0 Å². The Balaban J connectivity index is 2.94. The Morgan fingerprint density at radius 3 is 2.80 bits per heavy atom. The van der Waals surface area contributed by atoms with E-state index in [1.54, 1.807) is 6.92 Å². The number of halogens is 2. The first kappa shape index (κ1) is 12.1. The van der Waals surface area contributed by atoms with Crippen LogP contribution in [-0.4, -0.2) is 12.3 Å². The maximum Gasteiger partial charge on any atom is 0.164 e. The number of nitrogens with two attached hydrogens (primary N) is 1. The van der Waals surface area contributed by atoms with Crippen LogP contribution in [0.1, 0.15) is 28.8 Å². The minimum Gasteiger partial charge on any atom is -0.330 e. The molecule has 1 rings (SSSR count). The molecule has 0 bridgehead atoms. The molecule has 2 nitrogen and oxygen atoms in total. The smallest absolute Gasteiger partial charge is 0.164 e. The molecule has 0 unspecified atom stereocenters. The molecule has 2 N–H and O–H groups in total. The Bertz CT molecular complexity index is 379. The molecule has 0 aliphatic rings. The van der Waals surface area contributed by atoms with Gasteiger partial charge in [-0.1, -0.05) is 11.6 Å². The Kier molecular flexibility index (Phi) is 4.24. The van der Waals surface area contributed by atoms with Crippen molar-refractivity contribution in [1.82, 2.24) is 0 Å². The third-order valence-electron chi connectivity index (χ3n) is 2.16. The first-order valence-electron chi connectivity index (χ1n) is 4.75. The van der Waals surface area contributed by atoms with Crippen LogP contribution in [0.3, 0.4) is 0 Å². The Morgan fingerprint density at radius 1 is 1.53 bits per heavy atom. The van der Waals surface area contributed by atoms with Gasteiger partial charge in [0.15, 0.2) is 5.78 Å². The summed E-state index contributed by atoms with van der Waals surface area (Å²) in [5.41, 5.74) is 5.97. The molecule has 0 radical (unpaired) electrons. The van der Waals surface area contributed by atoms with Crippen LogP contribution in [-0.2, 0) is 0 Å². The van der Waals surface area contributed by atoms with E-state index in [9.17, 15) is 9.18 Å². The van der Waals surface area contributed by atoms with Gasteiger partial charge in [-0.15, -0.1) is 0 Å². The number of benzene rings is 1. The summed E-state index contributed by atoms with van der Waals surface area (Å²) >= 11 is 5.86. The van der Waals surface area contributed by atoms with E-state index in [1.807, 2.05) is 0 Å². The van der Waals surface area contributed by atoms with Crippen molar-refractivity contribution in [2.45, 2.75) is 19.8 Å². The third kappa shape index (κ3) is 3.01. The summed E-state index contributed by atoms with van der Waals surface area (Å²) in [5, 5.41) is 0.302. The summed E-state index contributed by atoms with van der Waals surface area (Å²) in [5.74, 6) is -0.570. The van der Waals surface area contributed by atoms with Gasteiger partial charge >= 0.3 is 0 Å². The lowest BCUT2D eigenvalue weighted by Crippen LogP contribution is -2.06. The van der Waals surface area contributed by atoms with E-state index >= 15 is 0 Å². The van der Waals surface area contributed by atoms with Crippen LogP contribution in [0.25, 0.3) is 0 Å². The molecular weight excluding hydrogens is 217 g/mol. The number of hydrogen-bond acceptors (Lipinski definition) is 2. The van der Waals surface area contributed by atoms with Crippen LogP contribution < -0.4 is 5.73 Å². The fraction of sp³-hybridized carbons (Fsp3) is 0.364. The summed E-state index contributed by atoms with van der Waals surface area (Å²) in [6, 6.07) is 2.66. The molecule has 0 aliphatic carbocycles. The number of aryl methyl sites for hydroxylation is 1. The quantitative estimate of drug-likeness (QED) is 0.807. The Labute approximate surface area is 93.2 Å². The van der Waals surface area contributed by atoms with E-state index in [0.29, 0.717) is 30.0 Å². The molecule has 4 heteroatoms. The minimum absolute atomic E-state index is 0.163. The molecule has 1 aromatic rings. The van der Waals surface area contributed by atoms with Gasteiger partial charge < -0.3 is 5.73 Å². The molecule has 0 aliphatic heterocycles. The SMILES string of the molecule is Cc1cc(Cl)c(C(=O)CCCN)cc1F. The predicted molar refractivity (Wildman–Crippen MR) is 58.8 cm³/mol. The number of Topliss-reactive ketones (excluding diaryl/α,β-unsaturated/α-hetero) is 1. The van der Waals surface area contributed by atoms with Crippen LogP contribution in [0.4, 0.5) is 4.39 Å². The number of carbonyl (C=O) groups excluding carboxylic acids is 1. The largest absolute Gasteiger partial charge is 0.330 e. The lowest BCUT2D eigenvalue weighted by Gasteiger charge is -2.05. The average molecular weight is 230 g/mol. The number of hydrogen-bond donors (Lipinski definition) is 1. The first-order valence-corrected chi connectivity index (χ1v) is 5.13.